The van der Waals surface area contributed by atoms with Crippen molar-refractivity contribution in [3.63, 3.8) is 0 Å². The highest BCUT2D eigenvalue weighted by Gasteiger charge is 2.19. The van der Waals surface area contributed by atoms with Crippen molar-refractivity contribution in [2.24, 2.45) is 11.8 Å². The number of hydrogen-bond acceptors (Lipinski definition) is 2. The molecule has 0 aromatic heterocycles. The summed E-state index contributed by atoms with van der Waals surface area (Å²) in [5, 5.41) is 0.393. The lowest BCUT2D eigenvalue weighted by atomic mass is 9.81. The van der Waals surface area contributed by atoms with Crippen LogP contribution in [0.3, 0.4) is 0 Å². The molecule has 0 bridgehead atoms. The number of rotatable bonds is 8. The zero-order valence-corrected chi connectivity index (χ0v) is 18.1. The highest BCUT2D eigenvalue weighted by atomic mass is 32.2. The highest BCUT2D eigenvalue weighted by Crippen LogP contribution is 2.35. The van der Waals surface area contributed by atoms with Crippen LogP contribution in [-0.2, 0) is 0 Å². The van der Waals surface area contributed by atoms with E-state index in [2.05, 4.69) is 77.6 Å². The van der Waals surface area contributed by atoms with Gasteiger partial charge in [0.1, 0.15) is 4.32 Å². The van der Waals surface area contributed by atoms with Gasteiger partial charge in [-0.2, -0.15) is 0 Å². The molecule has 24 heavy (non-hydrogen) atoms. The fourth-order valence-electron chi connectivity index (χ4n) is 3.12. The Labute approximate surface area is 159 Å². The SMILES string of the molecule is CCN(CC)C(=S)SC(C)c1cccc(C(CC(C)C)C(C)C)c1. The number of benzene rings is 1. The number of thiocarbonyl (C=S) groups is 1. The van der Waals surface area contributed by atoms with Crippen molar-refractivity contribution in [2.75, 3.05) is 13.1 Å². The van der Waals surface area contributed by atoms with E-state index >= 15 is 0 Å². The Hall–Kier alpha value is -0.540. The average molecular weight is 366 g/mol. The first kappa shape index (κ1) is 21.5. The van der Waals surface area contributed by atoms with Crippen LogP contribution in [0.5, 0.6) is 0 Å². The van der Waals surface area contributed by atoms with Gasteiger partial charge in [-0.3, -0.25) is 0 Å². The van der Waals surface area contributed by atoms with Gasteiger partial charge in [-0.05, 0) is 56.1 Å². The third kappa shape index (κ3) is 6.40. The first-order valence-electron chi connectivity index (χ1n) is 9.35. The lowest BCUT2D eigenvalue weighted by molar-refractivity contribution is 0.407. The maximum Gasteiger partial charge on any atom is 0.136 e. The maximum absolute atomic E-state index is 5.62. The molecule has 0 saturated carbocycles. The molecule has 0 aliphatic heterocycles. The lowest BCUT2D eigenvalue weighted by Crippen LogP contribution is -2.27. The largest absolute Gasteiger partial charge is 0.358 e. The van der Waals surface area contributed by atoms with Crippen molar-refractivity contribution in [3.8, 4) is 0 Å². The molecule has 0 aliphatic rings. The average Bonchev–Trinajstić information content (AvgIpc) is 2.53. The van der Waals surface area contributed by atoms with E-state index in [-0.39, 0.29) is 0 Å². The molecule has 1 nitrogen and oxygen atoms in total. The van der Waals surface area contributed by atoms with E-state index in [4.69, 9.17) is 12.2 Å². The van der Waals surface area contributed by atoms with E-state index in [0.29, 0.717) is 17.1 Å². The van der Waals surface area contributed by atoms with Gasteiger partial charge in [0.25, 0.3) is 0 Å². The van der Waals surface area contributed by atoms with E-state index in [1.54, 1.807) is 0 Å². The predicted octanol–water partition coefficient (Wildman–Crippen LogP) is 6.89. The minimum absolute atomic E-state index is 0.393. The lowest BCUT2D eigenvalue weighted by Gasteiger charge is -2.26. The Morgan fingerprint density at radius 2 is 1.62 bits per heavy atom. The minimum atomic E-state index is 0.393. The summed E-state index contributed by atoms with van der Waals surface area (Å²) >= 11 is 7.43. The summed E-state index contributed by atoms with van der Waals surface area (Å²) in [6.45, 7) is 17.9. The molecule has 0 aliphatic carbocycles. The molecule has 3 heteroatoms. The van der Waals surface area contributed by atoms with Crippen LogP contribution in [0, 0.1) is 11.8 Å². The van der Waals surface area contributed by atoms with Crippen LogP contribution in [0.15, 0.2) is 24.3 Å². The Balaban J connectivity index is 2.92. The summed E-state index contributed by atoms with van der Waals surface area (Å²) in [6, 6.07) is 9.18. The van der Waals surface area contributed by atoms with Gasteiger partial charge in [0, 0.05) is 18.3 Å². The molecular formula is C21H35NS2. The molecule has 0 fully saturated rings. The van der Waals surface area contributed by atoms with Crippen LogP contribution >= 0.6 is 24.0 Å². The van der Waals surface area contributed by atoms with Gasteiger partial charge in [0.15, 0.2) is 0 Å². The third-order valence-corrected chi connectivity index (χ3v) is 6.27. The number of nitrogens with zero attached hydrogens (tertiary/aromatic N) is 1. The molecule has 2 atom stereocenters. The quantitative estimate of drug-likeness (QED) is 0.462. The van der Waals surface area contributed by atoms with E-state index < -0.39 is 0 Å². The topological polar surface area (TPSA) is 3.24 Å². The summed E-state index contributed by atoms with van der Waals surface area (Å²) in [5.41, 5.74) is 2.87. The minimum Gasteiger partial charge on any atom is -0.358 e. The molecule has 0 heterocycles. The number of hydrogen-bond donors (Lipinski definition) is 0. The summed E-state index contributed by atoms with van der Waals surface area (Å²) < 4.78 is 1.01. The normalized spacial score (nSPS) is 14.0. The summed E-state index contributed by atoms with van der Waals surface area (Å²) in [5.74, 6) is 2.03. The molecule has 1 aromatic rings. The summed E-state index contributed by atoms with van der Waals surface area (Å²) in [6.07, 6.45) is 1.25. The van der Waals surface area contributed by atoms with Gasteiger partial charge in [-0.25, -0.2) is 0 Å². The molecule has 136 valence electrons. The van der Waals surface area contributed by atoms with Crippen LogP contribution in [-0.4, -0.2) is 22.3 Å². The molecule has 0 N–H and O–H groups in total. The van der Waals surface area contributed by atoms with Crippen molar-refractivity contribution in [1.82, 2.24) is 4.90 Å². The van der Waals surface area contributed by atoms with E-state index in [1.165, 1.54) is 17.5 Å². The second-order valence-corrected chi connectivity index (χ2v) is 9.32. The van der Waals surface area contributed by atoms with Gasteiger partial charge in [-0.1, -0.05) is 75.9 Å². The van der Waals surface area contributed by atoms with Crippen molar-refractivity contribution >= 4 is 28.3 Å². The Morgan fingerprint density at radius 1 is 1.04 bits per heavy atom. The second kappa shape index (κ2) is 10.5. The first-order valence-corrected chi connectivity index (χ1v) is 10.6. The zero-order valence-electron chi connectivity index (χ0n) is 16.5. The van der Waals surface area contributed by atoms with Gasteiger partial charge in [0.05, 0.1) is 0 Å². The summed E-state index contributed by atoms with van der Waals surface area (Å²) in [4.78, 5) is 2.26. The van der Waals surface area contributed by atoms with Gasteiger partial charge in [0.2, 0.25) is 0 Å². The zero-order chi connectivity index (χ0) is 18.3. The van der Waals surface area contributed by atoms with E-state index in [9.17, 15) is 0 Å². The van der Waals surface area contributed by atoms with Crippen molar-refractivity contribution in [1.29, 1.82) is 0 Å². The number of thioether (sulfide) groups is 1. The molecule has 0 amide bonds. The van der Waals surface area contributed by atoms with Crippen LogP contribution in [0.2, 0.25) is 0 Å². The van der Waals surface area contributed by atoms with Crippen LogP contribution in [0.25, 0.3) is 0 Å². The molecule has 1 rings (SSSR count). The van der Waals surface area contributed by atoms with Crippen molar-refractivity contribution in [3.05, 3.63) is 35.4 Å². The third-order valence-electron chi connectivity index (χ3n) is 4.64. The fourth-order valence-corrected chi connectivity index (χ4v) is 4.80. The van der Waals surface area contributed by atoms with Crippen molar-refractivity contribution in [2.45, 2.75) is 66.1 Å². The van der Waals surface area contributed by atoms with Gasteiger partial charge >= 0.3 is 0 Å². The fraction of sp³-hybridized carbons (Fsp3) is 0.667. The Kier molecular flexibility index (Phi) is 9.36. The van der Waals surface area contributed by atoms with Crippen LogP contribution in [0.4, 0.5) is 0 Å². The van der Waals surface area contributed by atoms with E-state index in [1.807, 2.05) is 11.8 Å². The molecule has 2 unspecified atom stereocenters. The predicted molar refractivity (Wildman–Crippen MR) is 115 cm³/mol. The molecule has 0 spiro atoms. The van der Waals surface area contributed by atoms with Crippen LogP contribution in [0.1, 0.15) is 77.2 Å². The monoisotopic (exact) mass is 365 g/mol. The van der Waals surface area contributed by atoms with E-state index in [0.717, 1.165) is 23.3 Å². The Morgan fingerprint density at radius 3 is 2.12 bits per heavy atom. The first-order chi connectivity index (χ1) is 11.3. The molecule has 1 aromatic carbocycles. The van der Waals surface area contributed by atoms with Crippen molar-refractivity contribution < 1.29 is 0 Å². The molecule has 0 saturated heterocycles. The standard InChI is InChI=1S/C21H35NS2/c1-8-22(9-2)21(23)24-17(7)18-11-10-12-19(14-18)20(16(5)6)13-15(3)4/h10-12,14-17,20H,8-9,13H2,1-7H3. The highest BCUT2D eigenvalue weighted by molar-refractivity contribution is 8.23. The summed E-state index contributed by atoms with van der Waals surface area (Å²) in [7, 11) is 0. The smallest absolute Gasteiger partial charge is 0.136 e. The Bertz CT molecular complexity index is 506. The molecular weight excluding hydrogens is 330 g/mol. The second-order valence-electron chi connectivity index (χ2n) is 7.35. The van der Waals surface area contributed by atoms with Crippen LogP contribution < -0.4 is 0 Å². The molecule has 0 radical (unpaired) electrons. The van der Waals surface area contributed by atoms with Gasteiger partial charge in [-0.15, -0.1) is 0 Å². The van der Waals surface area contributed by atoms with Gasteiger partial charge < -0.3 is 4.90 Å². The maximum atomic E-state index is 5.62.